The second kappa shape index (κ2) is 15.4. The van der Waals surface area contributed by atoms with Gasteiger partial charge < -0.3 is 25.8 Å². The minimum absolute atomic E-state index is 0.0265. The number of rotatable bonds is 11. The Morgan fingerprint density at radius 2 is 1.76 bits per heavy atom. The molecule has 50 heavy (non-hydrogen) atoms. The first-order valence-electron chi connectivity index (χ1n) is 18.0. The largest absolute Gasteiger partial charge is 0.338 e. The molecule has 3 aliphatic rings. The number of piperazine rings is 1. The molecule has 1 aliphatic heterocycles. The topological polar surface area (TPSA) is 153 Å². The highest BCUT2D eigenvalue weighted by atomic mass is 19.1. The number of amides is 5. The molecule has 1 aromatic carbocycles. The van der Waals surface area contributed by atoms with Gasteiger partial charge in [-0.1, -0.05) is 44.8 Å². The summed E-state index contributed by atoms with van der Waals surface area (Å²) in [5, 5.41) is 16.0. The van der Waals surface area contributed by atoms with Gasteiger partial charge >= 0.3 is 6.03 Å². The summed E-state index contributed by atoms with van der Waals surface area (Å²) in [5.74, 6) is -2.22. The van der Waals surface area contributed by atoms with Crippen molar-refractivity contribution >= 4 is 29.4 Å². The van der Waals surface area contributed by atoms with Crippen LogP contribution in [0.25, 0.3) is 0 Å². The minimum atomic E-state index is -0.935. The summed E-state index contributed by atoms with van der Waals surface area (Å²) >= 11 is 0. The van der Waals surface area contributed by atoms with E-state index in [0.717, 1.165) is 38.5 Å². The molecule has 0 spiro atoms. The molecule has 2 heterocycles. The number of halogens is 1. The number of nitrogens with one attached hydrogen (secondary N) is 3. The smallest absolute Gasteiger partial charge is 0.318 e. The van der Waals surface area contributed by atoms with Crippen LogP contribution in [0.3, 0.4) is 0 Å². The Morgan fingerprint density at radius 3 is 2.38 bits per heavy atom. The maximum absolute atomic E-state index is 15.9. The van der Waals surface area contributed by atoms with Crippen LogP contribution in [-0.4, -0.2) is 106 Å². The van der Waals surface area contributed by atoms with E-state index in [4.69, 9.17) is 4.63 Å². The van der Waals surface area contributed by atoms with Crippen LogP contribution >= 0.6 is 0 Å². The zero-order chi connectivity index (χ0) is 36.3. The third-order valence-electron chi connectivity index (χ3n) is 11.1. The molecule has 0 bridgehead atoms. The average Bonchev–Trinajstić information content (AvgIpc) is 3.83. The summed E-state index contributed by atoms with van der Waals surface area (Å²) in [6.45, 7) is 11.6. The first-order chi connectivity index (χ1) is 23.7. The van der Waals surface area contributed by atoms with Crippen molar-refractivity contribution in [1.82, 2.24) is 35.6 Å². The minimum Gasteiger partial charge on any atom is -0.338 e. The van der Waals surface area contributed by atoms with Crippen molar-refractivity contribution in [2.45, 2.75) is 109 Å². The molecule has 0 unspecified atom stereocenters. The Morgan fingerprint density at radius 1 is 1.06 bits per heavy atom. The third-order valence-corrected chi connectivity index (χ3v) is 11.1. The quantitative estimate of drug-likeness (QED) is 0.317. The Kier molecular flexibility index (Phi) is 11.5. The van der Waals surface area contributed by atoms with Crippen LogP contribution in [0.5, 0.6) is 0 Å². The Labute approximate surface area is 294 Å². The zero-order valence-electron chi connectivity index (χ0n) is 30.4. The molecule has 274 valence electrons. The number of carbonyl (C=O) groups is 4. The fourth-order valence-corrected chi connectivity index (χ4v) is 7.04. The van der Waals surface area contributed by atoms with Gasteiger partial charge in [0.25, 0.3) is 5.91 Å². The molecule has 2 aliphatic carbocycles. The lowest BCUT2D eigenvalue weighted by Crippen LogP contribution is -2.62. The molecular formula is C36H53FN8O5. The van der Waals surface area contributed by atoms with Gasteiger partial charge in [0.1, 0.15) is 23.6 Å². The Bertz CT molecular complexity index is 1550. The van der Waals surface area contributed by atoms with E-state index in [1.807, 2.05) is 14.0 Å². The average molecular weight is 697 g/mol. The highest BCUT2D eigenvalue weighted by molar-refractivity contribution is 6.01. The predicted octanol–water partition coefficient (Wildman–Crippen LogP) is 4.16. The SMILES string of the molecule is CCc1nonc1C(=O)N[C@H](C(=O)Nc1ccc([C@H](C)[C@@H](NC(=O)N(C)C2CC2)C(=O)N2CCN(C)C(C)(C)C2)cc1F)[C@H]1CC[C@H](C)CC1. The molecule has 13 nitrogen and oxygen atoms in total. The summed E-state index contributed by atoms with van der Waals surface area (Å²) in [4.78, 5) is 59.9. The maximum atomic E-state index is 15.9. The summed E-state index contributed by atoms with van der Waals surface area (Å²) in [6, 6.07) is 2.38. The number of likely N-dealkylation sites (N-methyl/N-ethyl adjacent to an activating group) is 1. The van der Waals surface area contributed by atoms with Gasteiger partial charge in [-0.25, -0.2) is 13.8 Å². The number of hydrogen-bond acceptors (Lipinski definition) is 8. The molecule has 14 heteroatoms. The van der Waals surface area contributed by atoms with Crippen molar-refractivity contribution in [1.29, 1.82) is 0 Å². The first kappa shape index (κ1) is 37.2. The standard InChI is InChI=1S/C36H53FN8O5/c1-8-27-31(42-50-41-27)33(47)39-30(23-11-9-21(2)10-12-23)32(46)38-28-16-13-24(19-26(28)37)22(3)29(40-35(49)44(7)25-14-15-25)34(48)45-18-17-43(6)36(4,5)20-45/h13,16,19,21-23,25,29-30H,8-12,14-15,17-18,20H2,1-7H3,(H,38,46)(H,39,47)(H,40,49)/t21-,22-,23-,29+,30-/m0/s1. The van der Waals surface area contributed by atoms with E-state index in [1.165, 1.54) is 12.1 Å². The molecule has 1 aromatic heterocycles. The van der Waals surface area contributed by atoms with E-state index in [-0.39, 0.29) is 40.8 Å². The van der Waals surface area contributed by atoms with E-state index in [0.29, 0.717) is 43.2 Å². The number of aryl methyl sites for hydroxylation is 1. The van der Waals surface area contributed by atoms with Crippen molar-refractivity contribution in [3.8, 4) is 0 Å². The van der Waals surface area contributed by atoms with Gasteiger partial charge in [-0.3, -0.25) is 19.3 Å². The molecule has 3 fully saturated rings. The molecule has 2 aromatic rings. The number of carbonyl (C=O) groups excluding carboxylic acids is 4. The number of nitrogens with zero attached hydrogens (tertiary/aromatic N) is 5. The van der Waals surface area contributed by atoms with E-state index < -0.39 is 35.6 Å². The van der Waals surface area contributed by atoms with Crippen LogP contribution in [0.1, 0.15) is 101 Å². The highest BCUT2D eigenvalue weighted by Gasteiger charge is 2.40. The Hall–Kier alpha value is -4.07. The monoisotopic (exact) mass is 696 g/mol. The van der Waals surface area contributed by atoms with E-state index >= 15 is 4.39 Å². The van der Waals surface area contributed by atoms with Gasteiger partial charge in [-0.2, -0.15) is 0 Å². The number of benzene rings is 1. The summed E-state index contributed by atoms with van der Waals surface area (Å²) in [6.07, 6.45) is 5.57. The fourth-order valence-electron chi connectivity index (χ4n) is 7.04. The summed E-state index contributed by atoms with van der Waals surface area (Å²) in [5.41, 5.74) is 0.614. The molecule has 2 saturated carbocycles. The van der Waals surface area contributed by atoms with Gasteiger partial charge in [-0.05, 0) is 87.7 Å². The molecule has 3 atom stereocenters. The highest BCUT2D eigenvalue weighted by Crippen LogP contribution is 2.32. The van der Waals surface area contributed by atoms with Crippen molar-refractivity contribution in [3.05, 3.63) is 41.0 Å². The summed E-state index contributed by atoms with van der Waals surface area (Å²) in [7, 11) is 3.75. The second-order valence-corrected chi connectivity index (χ2v) is 15.2. The van der Waals surface area contributed by atoms with Crippen molar-refractivity contribution < 1.29 is 28.2 Å². The number of hydrogen-bond donors (Lipinski definition) is 3. The molecule has 3 N–H and O–H groups in total. The summed E-state index contributed by atoms with van der Waals surface area (Å²) < 4.78 is 20.6. The van der Waals surface area contributed by atoms with Crippen molar-refractivity contribution in [2.75, 3.05) is 39.0 Å². The van der Waals surface area contributed by atoms with Crippen LogP contribution < -0.4 is 16.0 Å². The zero-order valence-corrected chi connectivity index (χ0v) is 30.4. The molecule has 1 saturated heterocycles. The number of urea groups is 1. The van der Waals surface area contributed by atoms with E-state index in [9.17, 15) is 19.2 Å². The van der Waals surface area contributed by atoms with Crippen molar-refractivity contribution in [3.63, 3.8) is 0 Å². The first-order valence-corrected chi connectivity index (χ1v) is 18.0. The van der Waals surface area contributed by atoms with Crippen LogP contribution in [0.2, 0.25) is 0 Å². The number of aromatic nitrogens is 2. The van der Waals surface area contributed by atoms with Gasteiger partial charge in [0.15, 0.2) is 5.69 Å². The maximum Gasteiger partial charge on any atom is 0.318 e. The van der Waals surface area contributed by atoms with E-state index in [1.54, 1.807) is 29.8 Å². The van der Waals surface area contributed by atoms with Gasteiger partial charge in [0, 0.05) is 44.2 Å². The molecule has 0 radical (unpaired) electrons. The molecule has 5 amide bonds. The van der Waals surface area contributed by atoms with E-state index in [2.05, 4.69) is 51.9 Å². The normalized spacial score (nSPS) is 22.6. The third kappa shape index (κ3) is 8.44. The van der Waals surface area contributed by atoms with Gasteiger partial charge in [0.05, 0.1) is 5.69 Å². The lowest BCUT2D eigenvalue weighted by molar-refractivity contribution is -0.138. The fraction of sp³-hybridized carbons (Fsp3) is 0.667. The lowest BCUT2D eigenvalue weighted by Gasteiger charge is -2.46. The van der Waals surface area contributed by atoms with Gasteiger partial charge in [0.2, 0.25) is 11.8 Å². The Balaban J connectivity index is 1.34. The lowest BCUT2D eigenvalue weighted by atomic mass is 9.79. The van der Waals surface area contributed by atoms with Crippen LogP contribution in [0.4, 0.5) is 14.9 Å². The van der Waals surface area contributed by atoms with Crippen LogP contribution in [-0.2, 0) is 16.0 Å². The van der Waals surface area contributed by atoms with Crippen LogP contribution in [0, 0.1) is 17.7 Å². The second-order valence-electron chi connectivity index (χ2n) is 15.2. The molecule has 5 rings (SSSR count). The molecular weight excluding hydrogens is 643 g/mol. The predicted molar refractivity (Wildman–Crippen MR) is 186 cm³/mol. The number of anilines is 1. The van der Waals surface area contributed by atoms with Crippen LogP contribution in [0.15, 0.2) is 22.8 Å². The van der Waals surface area contributed by atoms with Gasteiger partial charge in [-0.15, -0.1) is 0 Å². The van der Waals surface area contributed by atoms with Crippen molar-refractivity contribution in [2.24, 2.45) is 11.8 Å².